The number of pyridine rings is 1. The Morgan fingerprint density at radius 2 is 1.97 bits per heavy atom. The fourth-order valence-electron chi connectivity index (χ4n) is 4.78. The zero-order valence-electron chi connectivity index (χ0n) is 22.5. The van der Waals surface area contributed by atoms with E-state index in [1.54, 1.807) is 23.4 Å². The summed E-state index contributed by atoms with van der Waals surface area (Å²) >= 11 is 0. The molecule has 1 amide bonds. The van der Waals surface area contributed by atoms with Crippen molar-refractivity contribution in [2.75, 3.05) is 31.3 Å². The minimum absolute atomic E-state index is 0. The lowest BCUT2D eigenvalue weighted by Gasteiger charge is -2.31. The van der Waals surface area contributed by atoms with E-state index in [9.17, 15) is 9.90 Å². The van der Waals surface area contributed by atoms with Gasteiger partial charge in [0.1, 0.15) is 5.75 Å². The molecule has 1 unspecified atom stereocenters. The van der Waals surface area contributed by atoms with E-state index < -0.39 is 0 Å². The number of halogens is 1. The molecule has 1 aromatic carbocycles. The summed E-state index contributed by atoms with van der Waals surface area (Å²) in [5.74, 6) is 0.279. The van der Waals surface area contributed by atoms with Crippen molar-refractivity contribution in [3.63, 3.8) is 0 Å². The number of aromatic hydroxyl groups is 1. The normalized spacial score (nSPS) is 14.7. The lowest BCUT2D eigenvalue weighted by Crippen LogP contribution is -2.36. The first-order chi connectivity index (χ1) is 18.0. The largest absolute Gasteiger partial charge is 0.508 e. The summed E-state index contributed by atoms with van der Waals surface area (Å²) in [7, 11) is 0. The Hall–Kier alpha value is -2.94. The van der Waals surface area contributed by atoms with Crippen LogP contribution >= 0.6 is 12.4 Å². The van der Waals surface area contributed by atoms with Crippen LogP contribution in [0.1, 0.15) is 67.8 Å². The highest BCUT2D eigenvalue weighted by molar-refractivity contribution is 5.98. The predicted octanol–water partition coefficient (Wildman–Crippen LogP) is 5.24. The maximum Gasteiger partial charge on any atom is 0.234 e. The first-order valence-corrected chi connectivity index (χ1v) is 13.2. The van der Waals surface area contributed by atoms with E-state index in [0.717, 1.165) is 47.3 Å². The van der Waals surface area contributed by atoms with Crippen molar-refractivity contribution in [3.8, 4) is 5.75 Å². The first-order valence-electron chi connectivity index (χ1n) is 13.2. The average molecular weight is 543 g/mol. The van der Waals surface area contributed by atoms with Crippen molar-refractivity contribution < 1.29 is 19.4 Å². The van der Waals surface area contributed by atoms with Gasteiger partial charge < -0.3 is 19.5 Å². The van der Waals surface area contributed by atoms with E-state index in [0.29, 0.717) is 45.4 Å². The fourth-order valence-corrected chi connectivity index (χ4v) is 4.78. The topological polar surface area (TPSA) is 89.7 Å². The zero-order chi connectivity index (χ0) is 26.2. The van der Waals surface area contributed by atoms with Gasteiger partial charge in [-0.25, -0.2) is 0 Å². The number of benzene rings is 1. The number of aromatic nitrogens is 3. The highest BCUT2D eigenvalue weighted by Gasteiger charge is 2.32. The Balaban J connectivity index is 0.00000400. The lowest BCUT2D eigenvalue weighted by molar-refractivity contribution is -0.120. The molecule has 0 fully saturated rings. The van der Waals surface area contributed by atoms with Gasteiger partial charge in [0.05, 0.1) is 56.9 Å². The molecular formula is C29H39ClN4O4. The molecule has 0 radical (unpaired) electrons. The number of hydrogen-bond acceptors (Lipinski definition) is 6. The number of rotatable bonds is 12. The number of phenols is 1. The van der Waals surface area contributed by atoms with Crippen LogP contribution in [0, 0.1) is 0 Å². The second-order valence-electron chi connectivity index (χ2n) is 9.73. The summed E-state index contributed by atoms with van der Waals surface area (Å²) in [6.07, 6.45) is 7.95. The van der Waals surface area contributed by atoms with Gasteiger partial charge in [0.2, 0.25) is 5.91 Å². The number of phenolic OH excluding ortho intramolecular Hbond substituents is 1. The van der Waals surface area contributed by atoms with Crippen LogP contribution in [0.25, 0.3) is 0 Å². The van der Waals surface area contributed by atoms with E-state index in [2.05, 4.69) is 23.9 Å². The molecule has 0 aliphatic heterocycles. The predicted molar refractivity (Wildman–Crippen MR) is 150 cm³/mol. The van der Waals surface area contributed by atoms with Crippen LogP contribution in [0.4, 0.5) is 5.69 Å². The van der Waals surface area contributed by atoms with Gasteiger partial charge in [-0.05, 0) is 61.4 Å². The first kappa shape index (κ1) is 29.6. The van der Waals surface area contributed by atoms with Gasteiger partial charge in [-0.15, -0.1) is 12.4 Å². The molecule has 2 aromatic heterocycles. The quantitative estimate of drug-likeness (QED) is 0.315. The summed E-state index contributed by atoms with van der Waals surface area (Å²) in [6.45, 7) is 9.55. The van der Waals surface area contributed by atoms with Crippen molar-refractivity contribution in [2.24, 2.45) is 0 Å². The third-order valence-electron chi connectivity index (χ3n) is 6.79. The average Bonchev–Trinajstić information content (AvgIpc) is 3.36. The number of ether oxygens (including phenoxy) is 2. The van der Waals surface area contributed by atoms with Gasteiger partial charge in [-0.1, -0.05) is 26.0 Å². The van der Waals surface area contributed by atoms with Gasteiger partial charge in [0.25, 0.3) is 0 Å². The number of amides is 1. The Morgan fingerprint density at radius 3 is 2.71 bits per heavy atom. The summed E-state index contributed by atoms with van der Waals surface area (Å²) in [5.41, 5.74) is 4.49. The molecule has 0 bridgehead atoms. The van der Waals surface area contributed by atoms with Crippen LogP contribution in [-0.4, -0.2) is 52.2 Å². The Bertz CT molecular complexity index is 1170. The number of nitrogens with zero attached hydrogens (tertiary/aromatic N) is 4. The highest BCUT2D eigenvalue weighted by atomic mass is 35.5. The van der Waals surface area contributed by atoms with Crippen LogP contribution in [0.5, 0.6) is 5.75 Å². The third-order valence-corrected chi connectivity index (χ3v) is 6.79. The molecule has 1 aliphatic carbocycles. The van der Waals surface area contributed by atoms with Gasteiger partial charge in [0, 0.05) is 24.1 Å². The van der Waals surface area contributed by atoms with Crippen LogP contribution in [0.15, 0.2) is 48.9 Å². The molecule has 3 aromatic rings. The lowest BCUT2D eigenvalue weighted by atomic mass is 9.81. The van der Waals surface area contributed by atoms with Crippen LogP contribution in [0.2, 0.25) is 0 Å². The number of carbonyl (C=O) groups excluding carboxylic acids is 1. The van der Waals surface area contributed by atoms with Crippen LogP contribution in [0.3, 0.4) is 0 Å². The Labute approximate surface area is 231 Å². The molecule has 9 heteroatoms. The molecule has 1 aliphatic rings. The fraction of sp³-hybridized carbons (Fsp3) is 0.483. The molecule has 0 spiro atoms. The molecule has 0 saturated heterocycles. The SMILES string of the molecule is CCOCCOCCn1cc(CN(C(=O)C2CCCc3c(O)cccc32)c2ccc(C(C)C)nc2)cn1.Cl. The van der Waals surface area contributed by atoms with Crippen molar-refractivity contribution >= 4 is 24.0 Å². The molecule has 206 valence electrons. The van der Waals surface area contributed by atoms with E-state index in [1.165, 1.54) is 0 Å². The second-order valence-corrected chi connectivity index (χ2v) is 9.73. The van der Waals surface area contributed by atoms with Crippen molar-refractivity contribution in [2.45, 2.75) is 65.0 Å². The van der Waals surface area contributed by atoms with Gasteiger partial charge >= 0.3 is 0 Å². The highest BCUT2D eigenvalue weighted by Crippen LogP contribution is 2.38. The smallest absolute Gasteiger partial charge is 0.234 e. The molecule has 1 N–H and O–H groups in total. The molecule has 2 heterocycles. The summed E-state index contributed by atoms with van der Waals surface area (Å²) < 4.78 is 12.7. The van der Waals surface area contributed by atoms with Crippen molar-refractivity contribution in [1.29, 1.82) is 0 Å². The Morgan fingerprint density at radius 1 is 1.16 bits per heavy atom. The number of anilines is 1. The van der Waals surface area contributed by atoms with Gasteiger partial charge in [-0.2, -0.15) is 5.10 Å². The van der Waals surface area contributed by atoms with Crippen LogP contribution in [-0.2, 0) is 33.8 Å². The summed E-state index contributed by atoms with van der Waals surface area (Å²) in [4.78, 5) is 20.5. The molecule has 4 rings (SSSR count). The van der Waals surface area contributed by atoms with E-state index in [1.807, 2.05) is 42.1 Å². The monoisotopic (exact) mass is 542 g/mol. The standard InChI is InChI=1S/C29H38N4O4.ClH/c1-4-36-15-16-37-14-13-32-19-22(17-31-32)20-33(23-11-12-27(21(2)3)30-18-23)29(35)26-9-5-8-25-24(26)7-6-10-28(25)34;/h6-7,10-12,17-19,21,26,34H,4-5,8-9,13-16,20H2,1-3H3;1H. The van der Waals surface area contributed by atoms with Gasteiger partial charge in [0.15, 0.2) is 0 Å². The van der Waals surface area contributed by atoms with E-state index >= 15 is 0 Å². The second kappa shape index (κ2) is 14.3. The maximum atomic E-state index is 14.1. The third kappa shape index (κ3) is 7.34. The zero-order valence-corrected chi connectivity index (χ0v) is 23.3. The molecule has 1 atom stereocenters. The van der Waals surface area contributed by atoms with Crippen molar-refractivity contribution in [1.82, 2.24) is 14.8 Å². The Kier molecular flexibility index (Phi) is 11.1. The van der Waals surface area contributed by atoms with Crippen molar-refractivity contribution in [3.05, 3.63) is 71.3 Å². The number of hydrogen-bond donors (Lipinski definition) is 1. The van der Waals surface area contributed by atoms with E-state index in [4.69, 9.17) is 9.47 Å². The summed E-state index contributed by atoms with van der Waals surface area (Å²) in [6, 6.07) is 9.46. The molecule has 38 heavy (non-hydrogen) atoms. The number of carbonyl (C=O) groups is 1. The van der Waals surface area contributed by atoms with E-state index in [-0.39, 0.29) is 30.0 Å². The molecule has 8 nitrogen and oxygen atoms in total. The van der Waals surface area contributed by atoms with Crippen LogP contribution < -0.4 is 4.90 Å². The van der Waals surface area contributed by atoms with Gasteiger partial charge in [-0.3, -0.25) is 14.5 Å². The molecular weight excluding hydrogens is 504 g/mol. The summed E-state index contributed by atoms with van der Waals surface area (Å²) in [5, 5.41) is 14.9. The minimum Gasteiger partial charge on any atom is -0.508 e. The maximum absolute atomic E-state index is 14.1. The molecule has 0 saturated carbocycles. The number of fused-ring (bicyclic) bond motifs is 1. The minimum atomic E-state index is -0.311.